The molecule has 116 valence electrons. The first-order chi connectivity index (χ1) is 8.80. The Bertz CT molecular complexity index is 345. The van der Waals surface area contributed by atoms with Gasteiger partial charge in [0.2, 0.25) is 5.91 Å². The summed E-state index contributed by atoms with van der Waals surface area (Å²) in [5.74, 6) is -0.830. The van der Waals surface area contributed by atoms with E-state index in [1.807, 2.05) is 20.8 Å². The first kappa shape index (κ1) is 18.9. The highest BCUT2D eigenvalue weighted by Gasteiger charge is 2.29. The van der Waals surface area contributed by atoms with E-state index in [4.69, 9.17) is 4.74 Å². The van der Waals surface area contributed by atoms with Crippen LogP contribution in [0.4, 0.5) is 0 Å². The van der Waals surface area contributed by atoms with Crippen molar-refractivity contribution in [3.8, 4) is 0 Å². The van der Waals surface area contributed by atoms with Crippen molar-refractivity contribution in [2.45, 2.75) is 72.0 Å². The molecular formula is C13H27BN2O4. The molecule has 0 aromatic heterocycles. The number of amides is 1. The van der Waals surface area contributed by atoms with E-state index in [1.165, 1.54) is 6.82 Å². The molecule has 1 amide bonds. The van der Waals surface area contributed by atoms with Gasteiger partial charge in [0.05, 0.1) is 12.5 Å². The SMILES string of the molecule is CB(O)NC(CC(=O)OC(C)(C)C)C(=O)NC(C)(C)C. The van der Waals surface area contributed by atoms with Gasteiger partial charge in [-0.2, -0.15) is 0 Å². The van der Waals surface area contributed by atoms with E-state index in [2.05, 4.69) is 10.5 Å². The van der Waals surface area contributed by atoms with Gasteiger partial charge in [0, 0.05) is 5.54 Å². The highest BCUT2D eigenvalue weighted by molar-refractivity contribution is 6.46. The minimum atomic E-state index is -0.895. The molecule has 0 rings (SSSR count). The lowest BCUT2D eigenvalue weighted by atomic mass is 9.86. The Kier molecular flexibility index (Phi) is 6.70. The van der Waals surface area contributed by atoms with E-state index >= 15 is 0 Å². The summed E-state index contributed by atoms with van der Waals surface area (Å²) in [6.45, 7) is 12.3. The van der Waals surface area contributed by atoms with Crippen LogP contribution in [0.3, 0.4) is 0 Å². The van der Waals surface area contributed by atoms with E-state index in [1.54, 1.807) is 20.8 Å². The zero-order chi connectivity index (χ0) is 16.1. The van der Waals surface area contributed by atoms with E-state index in [-0.39, 0.29) is 12.3 Å². The molecule has 0 aromatic rings. The first-order valence-corrected chi connectivity index (χ1v) is 6.78. The number of hydrogen-bond acceptors (Lipinski definition) is 5. The van der Waals surface area contributed by atoms with Gasteiger partial charge in [-0.1, -0.05) is 0 Å². The van der Waals surface area contributed by atoms with Crippen molar-refractivity contribution in [3.05, 3.63) is 0 Å². The Hall–Kier alpha value is -1.08. The molecule has 1 unspecified atom stereocenters. The number of carbonyl (C=O) groups excluding carboxylic acids is 2. The molecule has 0 fully saturated rings. The quantitative estimate of drug-likeness (QED) is 0.511. The van der Waals surface area contributed by atoms with Gasteiger partial charge in [0.25, 0.3) is 0 Å². The van der Waals surface area contributed by atoms with Crippen molar-refractivity contribution in [3.63, 3.8) is 0 Å². The zero-order valence-corrected chi connectivity index (χ0v) is 13.5. The average Bonchev–Trinajstić information content (AvgIpc) is 2.09. The van der Waals surface area contributed by atoms with Gasteiger partial charge >= 0.3 is 13.0 Å². The maximum atomic E-state index is 12.1. The predicted molar refractivity (Wildman–Crippen MR) is 79.1 cm³/mol. The first-order valence-electron chi connectivity index (χ1n) is 6.78. The molecule has 0 aliphatic rings. The molecular weight excluding hydrogens is 259 g/mol. The second-order valence-corrected chi connectivity index (χ2v) is 6.93. The van der Waals surface area contributed by atoms with Crippen LogP contribution in [0.25, 0.3) is 0 Å². The van der Waals surface area contributed by atoms with Gasteiger partial charge in [0.1, 0.15) is 5.60 Å². The largest absolute Gasteiger partial charge is 0.460 e. The third-order valence-electron chi connectivity index (χ3n) is 2.05. The van der Waals surface area contributed by atoms with Crippen LogP contribution in [0, 0.1) is 0 Å². The van der Waals surface area contributed by atoms with E-state index in [9.17, 15) is 14.6 Å². The van der Waals surface area contributed by atoms with Gasteiger partial charge in [-0.05, 0) is 48.4 Å². The second-order valence-electron chi connectivity index (χ2n) is 6.93. The fourth-order valence-corrected chi connectivity index (χ4v) is 1.53. The lowest BCUT2D eigenvalue weighted by Crippen LogP contribution is -2.54. The Morgan fingerprint density at radius 1 is 1.20 bits per heavy atom. The molecule has 0 aliphatic heterocycles. The zero-order valence-electron chi connectivity index (χ0n) is 13.5. The summed E-state index contributed by atoms with van der Waals surface area (Å²) >= 11 is 0. The summed E-state index contributed by atoms with van der Waals surface area (Å²) in [5.41, 5.74) is -1.02. The summed E-state index contributed by atoms with van der Waals surface area (Å²) in [7, 11) is -0.895. The normalized spacial score (nSPS) is 13.6. The maximum absolute atomic E-state index is 12.1. The predicted octanol–water partition coefficient (Wildman–Crippen LogP) is 0.701. The topological polar surface area (TPSA) is 87.7 Å². The fraction of sp³-hybridized carbons (Fsp3) is 0.846. The fourth-order valence-electron chi connectivity index (χ4n) is 1.53. The Morgan fingerprint density at radius 3 is 2.05 bits per heavy atom. The highest BCUT2D eigenvalue weighted by atomic mass is 16.6. The van der Waals surface area contributed by atoms with Crippen LogP contribution in [0.5, 0.6) is 0 Å². The molecule has 7 heteroatoms. The van der Waals surface area contributed by atoms with Crippen LogP contribution in [-0.4, -0.2) is 41.1 Å². The number of ether oxygens (including phenoxy) is 1. The van der Waals surface area contributed by atoms with Crippen LogP contribution in [0.1, 0.15) is 48.0 Å². The lowest BCUT2D eigenvalue weighted by molar-refractivity contribution is -0.156. The summed E-state index contributed by atoms with van der Waals surface area (Å²) in [6.07, 6.45) is -0.135. The monoisotopic (exact) mass is 286 g/mol. The van der Waals surface area contributed by atoms with Crippen molar-refractivity contribution in [1.29, 1.82) is 0 Å². The number of esters is 1. The summed E-state index contributed by atoms with van der Waals surface area (Å²) in [5, 5.41) is 14.8. The summed E-state index contributed by atoms with van der Waals surface area (Å²) in [6, 6.07) is -0.830. The van der Waals surface area contributed by atoms with Crippen LogP contribution in [0.2, 0.25) is 6.82 Å². The summed E-state index contributed by atoms with van der Waals surface area (Å²) in [4.78, 5) is 23.9. The second kappa shape index (κ2) is 7.08. The number of rotatable bonds is 5. The molecule has 0 heterocycles. The molecule has 1 atom stereocenters. The van der Waals surface area contributed by atoms with Crippen LogP contribution in [0.15, 0.2) is 0 Å². The minimum absolute atomic E-state index is 0.135. The van der Waals surface area contributed by atoms with Crippen molar-refractivity contribution in [1.82, 2.24) is 10.5 Å². The Labute approximate surface area is 121 Å². The molecule has 0 saturated carbocycles. The van der Waals surface area contributed by atoms with Crippen molar-refractivity contribution in [2.75, 3.05) is 0 Å². The standard InChI is InChI=1S/C13H27BN2O4/c1-12(2,3)15-11(18)9(16-14(7)19)8-10(17)20-13(4,5)6/h9,16,19H,8H2,1-7H3,(H,15,18). The Morgan fingerprint density at radius 2 is 1.70 bits per heavy atom. The van der Waals surface area contributed by atoms with Gasteiger partial charge in [0.15, 0.2) is 0 Å². The molecule has 0 saturated heterocycles. The van der Waals surface area contributed by atoms with Crippen LogP contribution in [-0.2, 0) is 14.3 Å². The van der Waals surface area contributed by atoms with Gasteiger partial charge in [-0.3, -0.25) is 9.59 Å². The Balaban J connectivity index is 4.73. The van der Waals surface area contributed by atoms with Crippen LogP contribution < -0.4 is 10.5 Å². The van der Waals surface area contributed by atoms with Crippen LogP contribution >= 0.6 is 0 Å². The molecule has 0 bridgehead atoms. The number of carbonyl (C=O) groups is 2. The van der Waals surface area contributed by atoms with E-state index in [0.29, 0.717) is 0 Å². The molecule has 6 nitrogen and oxygen atoms in total. The lowest BCUT2D eigenvalue weighted by Gasteiger charge is -2.26. The minimum Gasteiger partial charge on any atom is -0.460 e. The van der Waals surface area contributed by atoms with Crippen molar-refractivity contribution >= 4 is 18.9 Å². The number of hydrogen-bond donors (Lipinski definition) is 3. The molecule has 0 aromatic carbocycles. The van der Waals surface area contributed by atoms with Crippen molar-refractivity contribution < 1.29 is 19.3 Å². The smallest absolute Gasteiger partial charge is 0.374 e. The van der Waals surface area contributed by atoms with Crippen molar-refractivity contribution in [2.24, 2.45) is 0 Å². The maximum Gasteiger partial charge on any atom is 0.374 e. The number of nitrogens with one attached hydrogen (secondary N) is 2. The van der Waals surface area contributed by atoms with Gasteiger partial charge in [-0.15, -0.1) is 0 Å². The summed E-state index contributed by atoms with van der Waals surface area (Å²) < 4.78 is 5.19. The molecule has 20 heavy (non-hydrogen) atoms. The van der Waals surface area contributed by atoms with Gasteiger partial charge < -0.3 is 20.3 Å². The molecule has 3 N–H and O–H groups in total. The van der Waals surface area contributed by atoms with E-state index < -0.39 is 30.2 Å². The third kappa shape index (κ3) is 9.80. The molecule has 0 radical (unpaired) electrons. The van der Waals surface area contributed by atoms with Gasteiger partial charge in [-0.25, -0.2) is 0 Å². The average molecular weight is 286 g/mol. The molecule has 0 aliphatic carbocycles. The highest BCUT2D eigenvalue weighted by Crippen LogP contribution is 2.10. The van der Waals surface area contributed by atoms with E-state index in [0.717, 1.165) is 0 Å². The third-order valence-corrected chi connectivity index (χ3v) is 2.05. The molecule has 0 spiro atoms.